The second kappa shape index (κ2) is 14.9. The lowest BCUT2D eigenvalue weighted by Crippen LogP contribution is -2.54. The van der Waals surface area contributed by atoms with Crippen molar-refractivity contribution >= 4 is 11.9 Å². The Labute approximate surface area is 221 Å². The van der Waals surface area contributed by atoms with E-state index in [9.17, 15) is 24.8 Å². The van der Waals surface area contributed by atoms with Crippen LogP contribution >= 0.6 is 0 Å². The summed E-state index contributed by atoms with van der Waals surface area (Å²) in [6.07, 6.45) is 2.64. The molecule has 13 heteroatoms. The molecule has 6 atom stereocenters. The molecule has 3 N–H and O–H groups in total. The number of hydrogen-bond acceptors (Lipinski definition) is 10. The molecule has 3 fully saturated rings. The Morgan fingerprint density at radius 1 is 1.26 bits per heavy atom. The van der Waals surface area contributed by atoms with E-state index in [-0.39, 0.29) is 30.9 Å². The van der Waals surface area contributed by atoms with Crippen molar-refractivity contribution < 1.29 is 38.9 Å². The lowest BCUT2D eigenvalue weighted by molar-refractivity contribution is -0.769. The molecule has 3 heterocycles. The number of nitrogens with one attached hydrogen (secondary N) is 2. The Morgan fingerprint density at radius 3 is 2.71 bits per heavy atom. The van der Waals surface area contributed by atoms with Gasteiger partial charge in [-0.2, -0.15) is 5.48 Å². The molecule has 1 amide bonds. The predicted octanol–water partition coefficient (Wildman–Crippen LogP) is 1.29. The molecule has 4 rings (SSSR count). The molecule has 13 nitrogen and oxygen atoms in total. The third-order valence-electron chi connectivity index (χ3n) is 6.72. The van der Waals surface area contributed by atoms with Gasteiger partial charge in [0.25, 0.3) is 5.09 Å². The largest absolute Gasteiger partial charge is 0.480 e. The maximum absolute atomic E-state index is 12.7. The van der Waals surface area contributed by atoms with E-state index >= 15 is 0 Å². The second-order valence-corrected chi connectivity index (χ2v) is 9.41. The fourth-order valence-electron chi connectivity index (χ4n) is 4.86. The van der Waals surface area contributed by atoms with Crippen LogP contribution in [0, 0.1) is 10.1 Å². The summed E-state index contributed by atoms with van der Waals surface area (Å²) in [5.74, 6) is -1.12. The molecule has 212 valence electrons. The summed E-state index contributed by atoms with van der Waals surface area (Å²) in [7, 11) is 0. The zero-order valence-corrected chi connectivity index (χ0v) is 21.8. The van der Waals surface area contributed by atoms with Crippen molar-refractivity contribution in [3.63, 3.8) is 0 Å². The maximum Gasteiger partial charge on any atom is 0.326 e. The Bertz CT molecular complexity index is 906. The van der Waals surface area contributed by atoms with Crippen LogP contribution in [0.4, 0.5) is 0 Å². The van der Waals surface area contributed by atoms with Crippen LogP contribution in [0.25, 0.3) is 0 Å². The molecule has 4 unspecified atom stereocenters. The van der Waals surface area contributed by atoms with Crippen molar-refractivity contribution in [3.8, 4) is 0 Å². The van der Waals surface area contributed by atoms with Crippen LogP contribution in [0.15, 0.2) is 30.3 Å². The molecular weight excluding hydrogens is 500 g/mol. The van der Waals surface area contributed by atoms with E-state index in [4.69, 9.17) is 14.3 Å². The summed E-state index contributed by atoms with van der Waals surface area (Å²) < 4.78 is 10.5. The normalized spacial score (nSPS) is 25.7. The van der Waals surface area contributed by atoms with Gasteiger partial charge in [0.1, 0.15) is 12.1 Å². The predicted molar refractivity (Wildman–Crippen MR) is 134 cm³/mol. The first-order valence-electron chi connectivity index (χ1n) is 13.0. The molecule has 0 aromatic heterocycles. The molecule has 1 aromatic rings. The van der Waals surface area contributed by atoms with Crippen molar-refractivity contribution in [2.24, 2.45) is 0 Å². The van der Waals surface area contributed by atoms with Gasteiger partial charge in [0.2, 0.25) is 5.91 Å². The third-order valence-corrected chi connectivity index (χ3v) is 6.72. The first-order chi connectivity index (χ1) is 18.3. The number of aryl methyl sites for hydroxylation is 1. The van der Waals surface area contributed by atoms with Gasteiger partial charge in [0.15, 0.2) is 6.10 Å². The highest BCUT2D eigenvalue weighted by atomic mass is 17.0. The van der Waals surface area contributed by atoms with E-state index in [1.54, 1.807) is 6.92 Å². The van der Waals surface area contributed by atoms with E-state index < -0.39 is 29.2 Å². The van der Waals surface area contributed by atoms with Gasteiger partial charge in [-0.1, -0.05) is 30.3 Å². The van der Waals surface area contributed by atoms with Crippen LogP contribution in [0.2, 0.25) is 0 Å². The number of rotatable bonds is 12. The summed E-state index contributed by atoms with van der Waals surface area (Å²) in [5, 5.41) is 21.7. The Morgan fingerprint density at radius 2 is 2.03 bits per heavy atom. The molecule has 1 aromatic carbocycles. The van der Waals surface area contributed by atoms with Crippen molar-refractivity contribution in [1.29, 1.82) is 0 Å². The van der Waals surface area contributed by atoms with Crippen molar-refractivity contribution in [1.82, 2.24) is 15.7 Å². The quantitative estimate of drug-likeness (QED) is 0.200. The lowest BCUT2D eigenvalue weighted by atomic mass is 10.1. The fraction of sp³-hybridized carbons (Fsp3) is 0.680. The number of amides is 1. The molecule has 0 radical (unpaired) electrons. The number of hydrogen-bond donors (Lipinski definition) is 3. The van der Waals surface area contributed by atoms with Crippen molar-refractivity contribution in [2.75, 3.05) is 26.4 Å². The third kappa shape index (κ3) is 8.60. The number of benzene rings is 1. The Kier molecular flexibility index (Phi) is 11.7. The van der Waals surface area contributed by atoms with Gasteiger partial charge in [-0.15, -0.1) is 10.1 Å². The van der Waals surface area contributed by atoms with Crippen LogP contribution < -0.4 is 10.8 Å². The number of carbonyl (C=O) groups is 2. The van der Waals surface area contributed by atoms with Gasteiger partial charge in [0, 0.05) is 13.2 Å². The smallest absolute Gasteiger partial charge is 0.326 e. The Balaban J connectivity index is 0.000000275. The van der Waals surface area contributed by atoms with Crippen LogP contribution in [-0.2, 0) is 35.2 Å². The Hall–Kier alpha value is -2.84. The number of ether oxygens (including phenoxy) is 2. The summed E-state index contributed by atoms with van der Waals surface area (Å²) in [4.78, 5) is 45.2. The second-order valence-electron chi connectivity index (χ2n) is 9.41. The molecule has 0 saturated carbocycles. The molecular formula is C25H38N4O9. The number of likely N-dealkylation sites (tertiary alicyclic amines) is 1. The minimum Gasteiger partial charge on any atom is -0.480 e. The topological polar surface area (TPSA) is 162 Å². The number of carboxylic acids is 1. The minimum atomic E-state index is -0.934. The average molecular weight is 539 g/mol. The fourth-order valence-corrected chi connectivity index (χ4v) is 4.86. The van der Waals surface area contributed by atoms with Crippen LogP contribution in [0.5, 0.6) is 0 Å². The maximum atomic E-state index is 12.7. The molecule has 3 aliphatic rings. The summed E-state index contributed by atoms with van der Waals surface area (Å²) >= 11 is 0. The van der Waals surface area contributed by atoms with Gasteiger partial charge < -0.3 is 29.2 Å². The molecule has 3 saturated heterocycles. The number of fused-ring (bicyclic) bond motifs is 1. The number of nitrogens with zero attached hydrogens (tertiary/aromatic N) is 2. The highest BCUT2D eigenvalue weighted by Crippen LogP contribution is 2.28. The van der Waals surface area contributed by atoms with Crippen LogP contribution in [0.3, 0.4) is 0 Å². The first-order valence-corrected chi connectivity index (χ1v) is 13.0. The van der Waals surface area contributed by atoms with Gasteiger partial charge in [-0.25, -0.2) is 4.79 Å². The van der Waals surface area contributed by atoms with E-state index in [1.165, 1.54) is 10.5 Å². The van der Waals surface area contributed by atoms with Crippen LogP contribution in [0.1, 0.15) is 45.1 Å². The zero-order chi connectivity index (χ0) is 27.5. The highest BCUT2D eigenvalue weighted by molar-refractivity contribution is 5.87. The van der Waals surface area contributed by atoms with E-state index in [0.29, 0.717) is 26.2 Å². The van der Waals surface area contributed by atoms with Gasteiger partial charge in [-0.05, 0) is 51.5 Å². The number of hydroxylamine groups is 1. The number of aliphatic carboxylic acids is 1. The standard InChI is InChI=1S/C19H29N3O4.C6H9NO5/c1-3-26-21-17(12-11-15-8-5-4-6-9-15)20-14(2)18(23)22-13-7-10-16(22)19(24)25;8-7(9)12-5-3-11-4-1-2-10-6(4)5/h4-6,8-9,14,16-17,20-21H,3,7,10-13H2,1-2H3,(H,24,25);4-6H,1-3H2/t;4-,5?,6+/m.1/s1. The highest BCUT2D eigenvalue weighted by Gasteiger charge is 2.44. The molecule has 0 bridgehead atoms. The first kappa shape index (κ1) is 29.7. The summed E-state index contributed by atoms with van der Waals surface area (Å²) in [5.41, 5.74) is 4.16. The number of carbonyl (C=O) groups excluding carboxylic acids is 1. The molecule has 38 heavy (non-hydrogen) atoms. The van der Waals surface area contributed by atoms with E-state index in [0.717, 1.165) is 25.7 Å². The lowest BCUT2D eigenvalue weighted by Gasteiger charge is -2.28. The van der Waals surface area contributed by atoms with E-state index in [2.05, 4.69) is 27.8 Å². The molecule has 0 aliphatic carbocycles. The van der Waals surface area contributed by atoms with Gasteiger partial charge in [0.05, 0.1) is 31.5 Å². The minimum absolute atomic E-state index is 0.00468. The van der Waals surface area contributed by atoms with Gasteiger partial charge >= 0.3 is 5.97 Å². The van der Waals surface area contributed by atoms with Crippen molar-refractivity contribution in [3.05, 3.63) is 46.0 Å². The molecule has 3 aliphatic heterocycles. The monoisotopic (exact) mass is 538 g/mol. The van der Waals surface area contributed by atoms with Crippen molar-refractivity contribution in [2.45, 2.75) is 82.5 Å². The SMILES string of the molecule is CCONC(CCc1ccccc1)NC(C)C(=O)N1CCCC1C(=O)O.O=[N+]([O-])OC1CO[C@@H]2CCO[C@H]12. The summed E-state index contributed by atoms with van der Waals surface area (Å²) in [6, 6.07) is 8.89. The van der Waals surface area contributed by atoms with Gasteiger partial charge in [-0.3, -0.25) is 10.1 Å². The zero-order valence-electron chi connectivity index (χ0n) is 21.8. The number of carboxylic acid groups (broad SMARTS) is 1. The van der Waals surface area contributed by atoms with E-state index in [1.807, 2.05) is 25.1 Å². The summed E-state index contributed by atoms with van der Waals surface area (Å²) in [6.45, 7) is 5.53. The van der Waals surface area contributed by atoms with Crippen LogP contribution in [-0.4, -0.2) is 89.9 Å². The molecule has 0 spiro atoms. The average Bonchev–Trinajstić information content (AvgIpc) is 3.65.